The zero-order chi connectivity index (χ0) is 24.5. The summed E-state index contributed by atoms with van der Waals surface area (Å²) in [6.45, 7) is 1.50. The van der Waals surface area contributed by atoms with E-state index in [1.54, 1.807) is 6.07 Å². The minimum absolute atomic E-state index is 0.00141. The Labute approximate surface area is 191 Å². The highest BCUT2D eigenvalue weighted by Crippen LogP contribution is 2.30. The summed E-state index contributed by atoms with van der Waals surface area (Å²) < 4.78 is 67.9. The molecule has 1 aromatic carbocycles. The predicted molar refractivity (Wildman–Crippen MR) is 118 cm³/mol. The molecule has 10 nitrogen and oxygen atoms in total. The van der Waals surface area contributed by atoms with Crippen molar-refractivity contribution in [2.24, 2.45) is 0 Å². The molecule has 0 saturated carbocycles. The molecule has 0 aliphatic carbocycles. The lowest BCUT2D eigenvalue weighted by Gasteiger charge is -2.12. The summed E-state index contributed by atoms with van der Waals surface area (Å²) in [7, 11) is -2.87. The quantitative estimate of drug-likeness (QED) is 0.378. The Morgan fingerprint density at radius 2 is 1.97 bits per heavy atom. The minimum Gasteiger partial charge on any atom is -0.437 e. The summed E-state index contributed by atoms with van der Waals surface area (Å²) in [4.78, 5) is 16.4. The Morgan fingerprint density at radius 1 is 1.18 bits per heavy atom. The predicted octanol–water partition coefficient (Wildman–Crippen LogP) is 2.82. The zero-order valence-corrected chi connectivity index (χ0v) is 18.6. The van der Waals surface area contributed by atoms with Gasteiger partial charge in [-0.15, -0.1) is 5.10 Å². The van der Waals surface area contributed by atoms with Gasteiger partial charge in [-0.3, -0.25) is 4.72 Å². The molecule has 0 saturated heterocycles. The van der Waals surface area contributed by atoms with Crippen LogP contribution in [0.1, 0.15) is 16.7 Å². The summed E-state index contributed by atoms with van der Waals surface area (Å²) in [6.07, 6.45) is 2.34. The van der Waals surface area contributed by atoms with Crippen LogP contribution in [0.15, 0.2) is 51.9 Å². The minimum atomic E-state index is -4.01. The van der Waals surface area contributed by atoms with Gasteiger partial charge in [0.15, 0.2) is 11.6 Å². The van der Waals surface area contributed by atoms with Crippen LogP contribution in [0.3, 0.4) is 0 Å². The third-order valence-corrected chi connectivity index (χ3v) is 5.91. The van der Waals surface area contributed by atoms with Crippen molar-refractivity contribution in [2.75, 3.05) is 11.8 Å². The Balaban J connectivity index is 1.73. The van der Waals surface area contributed by atoms with Gasteiger partial charge < -0.3 is 9.15 Å². The van der Waals surface area contributed by atoms with Gasteiger partial charge in [-0.1, -0.05) is 0 Å². The molecule has 3 aromatic heterocycles. The van der Waals surface area contributed by atoms with E-state index in [0.29, 0.717) is 0 Å². The number of anilines is 1. The van der Waals surface area contributed by atoms with Crippen molar-refractivity contribution >= 4 is 27.0 Å². The monoisotopic (exact) mass is 489 g/mol. The first-order chi connectivity index (χ1) is 16.2. The molecule has 0 atom stereocenters. The fourth-order valence-corrected chi connectivity index (χ4v) is 3.75. The van der Waals surface area contributed by atoms with Gasteiger partial charge in [0.25, 0.3) is 10.2 Å². The third kappa shape index (κ3) is 4.70. The molecule has 2 N–H and O–H groups in total. The molecule has 0 fully saturated rings. The number of aromatic nitrogens is 3. The van der Waals surface area contributed by atoms with Gasteiger partial charge in [-0.05, 0) is 30.2 Å². The second-order valence-corrected chi connectivity index (χ2v) is 8.67. The lowest BCUT2D eigenvalue weighted by molar-refractivity contribution is 0.449. The van der Waals surface area contributed by atoms with E-state index in [9.17, 15) is 22.0 Å². The third-order valence-electron chi connectivity index (χ3n) is 4.91. The summed E-state index contributed by atoms with van der Waals surface area (Å²) in [6, 6.07) is 6.83. The number of aryl methyl sites for hydroxylation is 1. The summed E-state index contributed by atoms with van der Waals surface area (Å²) in [5.41, 5.74) is -0.677. The van der Waals surface area contributed by atoms with E-state index >= 15 is 0 Å². The van der Waals surface area contributed by atoms with Crippen molar-refractivity contribution in [1.29, 1.82) is 0 Å². The SMILES string of the molecule is CNS(=O)(=O)Nc1nccc(Cc2c(C)c3c(F)cc(Oc4cccnn4)cc3oc2=O)c1F. The van der Waals surface area contributed by atoms with Gasteiger partial charge in [0.05, 0.1) is 5.39 Å². The van der Waals surface area contributed by atoms with Crippen molar-refractivity contribution < 1.29 is 26.4 Å². The van der Waals surface area contributed by atoms with E-state index < -0.39 is 33.3 Å². The standard InChI is InChI=1S/C21H17F2N5O5S/c1-11-14(8-12-5-7-25-20(19(12)23)28-34(30,31)24-2)21(29)33-16-10-13(9-15(22)18(11)16)32-17-4-3-6-26-27-17/h3-7,9-10,24H,8H2,1-2H3,(H,25,28). The molecule has 0 amide bonds. The Kier molecular flexibility index (Phi) is 6.22. The molecule has 13 heteroatoms. The van der Waals surface area contributed by atoms with Gasteiger partial charge in [-0.25, -0.2) is 23.3 Å². The second-order valence-electron chi connectivity index (χ2n) is 7.05. The Hall–Kier alpha value is -3.97. The highest BCUT2D eigenvalue weighted by atomic mass is 32.2. The molecule has 0 spiro atoms. The first kappa shape index (κ1) is 23.2. The maximum atomic E-state index is 15.0. The fourth-order valence-electron chi connectivity index (χ4n) is 3.25. The highest BCUT2D eigenvalue weighted by molar-refractivity contribution is 7.90. The van der Waals surface area contributed by atoms with Gasteiger partial charge in [0.1, 0.15) is 17.1 Å². The highest BCUT2D eigenvalue weighted by Gasteiger charge is 2.20. The molecule has 0 bridgehead atoms. The summed E-state index contributed by atoms with van der Waals surface area (Å²) in [5.74, 6) is -2.09. The van der Waals surface area contributed by atoms with E-state index in [1.165, 1.54) is 37.5 Å². The van der Waals surface area contributed by atoms with Gasteiger partial charge >= 0.3 is 5.63 Å². The van der Waals surface area contributed by atoms with Crippen LogP contribution >= 0.6 is 0 Å². The van der Waals surface area contributed by atoms with E-state index in [-0.39, 0.29) is 45.7 Å². The van der Waals surface area contributed by atoms with Gasteiger partial charge in [-0.2, -0.15) is 13.5 Å². The number of ether oxygens (including phenoxy) is 1. The zero-order valence-electron chi connectivity index (χ0n) is 17.8. The number of halogens is 2. The molecule has 176 valence electrons. The first-order valence-electron chi connectivity index (χ1n) is 9.74. The lowest BCUT2D eigenvalue weighted by atomic mass is 9.99. The molecule has 3 heterocycles. The molecule has 0 radical (unpaired) electrons. The molecular weight excluding hydrogens is 472 g/mol. The van der Waals surface area contributed by atoms with E-state index in [4.69, 9.17) is 9.15 Å². The second kappa shape index (κ2) is 9.11. The maximum Gasteiger partial charge on any atom is 0.340 e. The average Bonchev–Trinajstić information content (AvgIpc) is 2.79. The van der Waals surface area contributed by atoms with Crippen LogP contribution in [0.2, 0.25) is 0 Å². The number of rotatable bonds is 7. The van der Waals surface area contributed by atoms with Crippen molar-refractivity contribution in [3.8, 4) is 11.6 Å². The normalized spacial score (nSPS) is 11.5. The molecule has 34 heavy (non-hydrogen) atoms. The lowest BCUT2D eigenvalue weighted by Crippen LogP contribution is -2.27. The number of fused-ring (bicyclic) bond motifs is 1. The summed E-state index contributed by atoms with van der Waals surface area (Å²) >= 11 is 0. The largest absolute Gasteiger partial charge is 0.437 e. The van der Waals surface area contributed by atoms with Crippen molar-refractivity contribution in [3.63, 3.8) is 0 Å². The van der Waals surface area contributed by atoms with Crippen LogP contribution in [0, 0.1) is 18.6 Å². The Morgan fingerprint density at radius 3 is 2.68 bits per heavy atom. The van der Waals surface area contributed by atoms with E-state index in [0.717, 1.165) is 13.1 Å². The number of hydrogen-bond acceptors (Lipinski definition) is 8. The topological polar surface area (TPSA) is 136 Å². The van der Waals surface area contributed by atoms with E-state index in [2.05, 4.69) is 15.2 Å². The molecule has 0 aliphatic heterocycles. The average molecular weight is 489 g/mol. The Bertz CT molecular complexity index is 1550. The number of nitrogens with one attached hydrogen (secondary N) is 2. The number of pyridine rings is 1. The van der Waals surface area contributed by atoms with Crippen molar-refractivity contribution in [3.05, 3.63) is 81.5 Å². The van der Waals surface area contributed by atoms with Crippen LogP contribution in [0.4, 0.5) is 14.6 Å². The fraction of sp³-hybridized carbons (Fsp3) is 0.143. The van der Waals surface area contributed by atoms with Crippen LogP contribution in [0.25, 0.3) is 11.0 Å². The van der Waals surface area contributed by atoms with Gasteiger partial charge in [0, 0.05) is 49.6 Å². The molecule has 4 rings (SSSR count). The van der Waals surface area contributed by atoms with E-state index in [1.807, 2.05) is 9.44 Å². The molecule has 0 unspecified atom stereocenters. The first-order valence-corrected chi connectivity index (χ1v) is 11.2. The summed E-state index contributed by atoms with van der Waals surface area (Å²) in [5, 5.41) is 7.43. The van der Waals surface area contributed by atoms with Crippen LogP contribution < -0.4 is 19.8 Å². The molecular formula is C21H17F2N5O5S. The van der Waals surface area contributed by atoms with Gasteiger partial charge in [0.2, 0.25) is 5.88 Å². The number of hydrogen-bond donors (Lipinski definition) is 2. The number of benzene rings is 1. The molecule has 0 aliphatic rings. The van der Waals surface area contributed by atoms with Crippen LogP contribution in [-0.4, -0.2) is 30.6 Å². The van der Waals surface area contributed by atoms with Crippen molar-refractivity contribution in [2.45, 2.75) is 13.3 Å². The maximum absolute atomic E-state index is 15.0. The van der Waals surface area contributed by atoms with Crippen molar-refractivity contribution in [1.82, 2.24) is 19.9 Å². The van der Waals surface area contributed by atoms with Crippen LogP contribution in [-0.2, 0) is 16.6 Å². The molecule has 4 aromatic rings. The number of nitrogens with zero attached hydrogens (tertiary/aromatic N) is 3. The van der Waals surface area contributed by atoms with Crippen LogP contribution in [0.5, 0.6) is 11.6 Å². The smallest absolute Gasteiger partial charge is 0.340 e.